The Labute approximate surface area is 184 Å². The van der Waals surface area contributed by atoms with E-state index >= 15 is 0 Å². The molecule has 7 heteroatoms. The lowest BCUT2D eigenvalue weighted by molar-refractivity contribution is -0.120. The van der Waals surface area contributed by atoms with Crippen molar-refractivity contribution < 1.29 is 23.5 Å². The number of ether oxygens (including phenoxy) is 2. The Morgan fingerprint density at radius 2 is 1.50 bits per heavy atom. The molecule has 0 fully saturated rings. The third-order valence-corrected chi connectivity index (χ3v) is 5.11. The van der Waals surface area contributed by atoms with Gasteiger partial charge in [0.1, 0.15) is 23.0 Å². The van der Waals surface area contributed by atoms with Crippen molar-refractivity contribution in [3.05, 3.63) is 89.4 Å². The van der Waals surface area contributed by atoms with E-state index in [1.165, 1.54) is 32.4 Å². The van der Waals surface area contributed by atoms with E-state index in [1.807, 2.05) is 19.1 Å². The maximum Gasteiger partial charge on any atom is 0.282 e. The monoisotopic (exact) mass is 432 g/mol. The SMILES string of the molecule is COc1cc(NC2=C(c3ccc(C)cc3)C(=O)N(c3cccc(F)c3)C2=O)cc(OC)c1. The molecule has 1 aliphatic rings. The summed E-state index contributed by atoms with van der Waals surface area (Å²) < 4.78 is 24.4. The molecule has 1 N–H and O–H groups in total. The second-order valence-corrected chi connectivity index (χ2v) is 7.27. The average Bonchev–Trinajstić information content (AvgIpc) is 3.03. The fraction of sp³-hybridized carbons (Fsp3) is 0.120. The first-order chi connectivity index (χ1) is 15.4. The van der Waals surface area contributed by atoms with Crippen molar-refractivity contribution in [2.75, 3.05) is 24.4 Å². The van der Waals surface area contributed by atoms with Crippen LogP contribution in [0.3, 0.4) is 0 Å². The highest BCUT2D eigenvalue weighted by molar-refractivity contribution is 6.46. The molecule has 0 radical (unpaired) electrons. The van der Waals surface area contributed by atoms with Gasteiger partial charge >= 0.3 is 0 Å². The fourth-order valence-electron chi connectivity index (χ4n) is 3.51. The molecule has 32 heavy (non-hydrogen) atoms. The minimum Gasteiger partial charge on any atom is -0.497 e. The molecule has 0 atom stereocenters. The molecule has 6 nitrogen and oxygen atoms in total. The van der Waals surface area contributed by atoms with Crippen LogP contribution in [-0.2, 0) is 9.59 Å². The molecule has 3 aromatic carbocycles. The van der Waals surface area contributed by atoms with E-state index in [4.69, 9.17) is 9.47 Å². The van der Waals surface area contributed by atoms with Crippen LogP contribution in [0.15, 0.2) is 72.4 Å². The molecule has 0 spiro atoms. The van der Waals surface area contributed by atoms with Crippen molar-refractivity contribution in [3.63, 3.8) is 0 Å². The summed E-state index contributed by atoms with van der Waals surface area (Å²) in [6.07, 6.45) is 0. The summed E-state index contributed by atoms with van der Waals surface area (Å²) >= 11 is 0. The topological polar surface area (TPSA) is 67.9 Å². The standard InChI is InChI=1S/C25H21FN2O4/c1-15-7-9-16(10-8-15)22-23(27-18-12-20(31-2)14-21(13-18)32-3)25(30)28(24(22)29)19-6-4-5-17(26)11-19/h4-14,27H,1-3H3. The van der Waals surface area contributed by atoms with Crippen LogP contribution < -0.4 is 19.7 Å². The largest absolute Gasteiger partial charge is 0.497 e. The number of rotatable bonds is 6. The van der Waals surface area contributed by atoms with Gasteiger partial charge in [0.15, 0.2) is 0 Å². The number of methoxy groups -OCH3 is 2. The molecule has 0 saturated carbocycles. The van der Waals surface area contributed by atoms with Gasteiger partial charge in [0.05, 0.1) is 25.5 Å². The van der Waals surface area contributed by atoms with Crippen LogP contribution in [0.4, 0.5) is 15.8 Å². The second kappa shape index (κ2) is 8.55. The average molecular weight is 432 g/mol. The van der Waals surface area contributed by atoms with E-state index in [0.29, 0.717) is 22.7 Å². The Hall–Kier alpha value is -4.13. The Balaban J connectivity index is 1.83. The van der Waals surface area contributed by atoms with E-state index in [9.17, 15) is 14.0 Å². The van der Waals surface area contributed by atoms with Crippen LogP contribution >= 0.6 is 0 Å². The van der Waals surface area contributed by atoms with Crippen LogP contribution in [0.2, 0.25) is 0 Å². The van der Waals surface area contributed by atoms with E-state index in [-0.39, 0.29) is 17.0 Å². The Bertz CT molecular complexity index is 1210. The molecule has 0 bridgehead atoms. The molecule has 3 aromatic rings. The zero-order valence-electron chi connectivity index (χ0n) is 17.8. The first kappa shape index (κ1) is 21.1. The number of imide groups is 1. The summed E-state index contributed by atoms with van der Waals surface area (Å²) in [5, 5.41) is 3.06. The summed E-state index contributed by atoms with van der Waals surface area (Å²) in [5.41, 5.74) is 2.53. The molecular weight excluding hydrogens is 411 g/mol. The van der Waals surface area contributed by atoms with Crippen LogP contribution in [0, 0.1) is 12.7 Å². The number of nitrogens with zero attached hydrogens (tertiary/aromatic N) is 1. The lowest BCUT2D eigenvalue weighted by atomic mass is 10.0. The third kappa shape index (κ3) is 3.92. The molecular formula is C25H21FN2O4. The summed E-state index contributed by atoms with van der Waals surface area (Å²) in [6, 6.07) is 17.7. The van der Waals surface area contributed by atoms with Gasteiger partial charge < -0.3 is 14.8 Å². The number of amides is 2. The van der Waals surface area contributed by atoms with E-state index < -0.39 is 17.6 Å². The van der Waals surface area contributed by atoms with Crippen LogP contribution in [-0.4, -0.2) is 26.0 Å². The zero-order valence-corrected chi connectivity index (χ0v) is 17.8. The predicted octanol–water partition coefficient (Wildman–Crippen LogP) is 4.55. The Morgan fingerprint density at radius 3 is 2.09 bits per heavy atom. The minimum absolute atomic E-state index is 0.0819. The van der Waals surface area contributed by atoms with Gasteiger partial charge in [0.25, 0.3) is 11.8 Å². The van der Waals surface area contributed by atoms with E-state index in [0.717, 1.165) is 16.5 Å². The third-order valence-electron chi connectivity index (χ3n) is 5.11. The molecule has 1 aliphatic heterocycles. The Morgan fingerprint density at radius 1 is 0.844 bits per heavy atom. The molecule has 0 unspecified atom stereocenters. The zero-order chi connectivity index (χ0) is 22.8. The van der Waals surface area contributed by atoms with Crippen molar-refractivity contribution >= 4 is 28.8 Å². The summed E-state index contributed by atoms with van der Waals surface area (Å²) in [4.78, 5) is 27.8. The summed E-state index contributed by atoms with van der Waals surface area (Å²) in [6.45, 7) is 1.93. The number of hydrogen-bond donors (Lipinski definition) is 1. The normalized spacial score (nSPS) is 13.6. The van der Waals surface area contributed by atoms with E-state index in [1.54, 1.807) is 30.3 Å². The lowest BCUT2D eigenvalue weighted by Gasteiger charge is -2.15. The van der Waals surface area contributed by atoms with Gasteiger partial charge in [-0.3, -0.25) is 9.59 Å². The molecule has 0 saturated heterocycles. The van der Waals surface area contributed by atoms with Crippen molar-refractivity contribution in [3.8, 4) is 11.5 Å². The van der Waals surface area contributed by atoms with Crippen LogP contribution in [0.25, 0.3) is 5.57 Å². The van der Waals surface area contributed by atoms with Gasteiger partial charge in [-0.25, -0.2) is 9.29 Å². The number of benzene rings is 3. The van der Waals surface area contributed by atoms with E-state index in [2.05, 4.69) is 5.32 Å². The molecule has 162 valence electrons. The number of aryl methyl sites for hydroxylation is 1. The van der Waals surface area contributed by atoms with Gasteiger partial charge in [-0.1, -0.05) is 35.9 Å². The first-order valence-corrected chi connectivity index (χ1v) is 9.87. The number of nitrogens with one attached hydrogen (secondary N) is 1. The minimum atomic E-state index is -0.585. The number of carbonyl (C=O) groups is 2. The van der Waals surface area contributed by atoms with Gasteiger partial charge in [0, 0.05) is 23.9 Å². The number of hydrogen-bond acceptors (Lipinski definition) is 5. The van der Waals surface area contributed by atoms with Gasteiger partial charge in [-0.15, -0.1) is 0 Å². The first-order valence-electron chi connectivity index (χ1n) is 9.87. The molecule has 4 rings (SSSR count). The molecule has 0 aromatic heterocycles. The Kier molecular flexibility index (Phi) is 5.64. The number of carbonyl (C=O) groups excluding carboxylic acids is 2. The molecule has 2 amide bonds. The van der Waals surface area contributed by atoms with Crippen LogP contribution in [0.5, 0.6) is 11.5 Å². The van der Waals surface area contributed by atoms with Crippen molar-refractivity contribution in [2.45, 2.75) is 6.92 Å². The number of halogens is 1. The lowest BCUT2D eigenvalue weighted by Crippen LogP contribution is -2.32. The highest BCUT2D eigenvalue weighted by atomic mass is 19.1. The van der Waals surface area contributed by atoms with Crippen LogP contribution in [0.1, 0.15) is 11.1 Å². The molecule has 1 heterocycles. The fourth-order valence-corrected chi connectivity index (χ4v) is 3.51. The summed E-state index contributed by atoms with van der Waals surface area (Å²) in [5.74, 6) is -0.634. The van der Waals surface area contributed by atoms with Gasteiger partial charge in [-0.2, -0.15) is 0 Å². The van der Waals surface area contributed by atoms with Crippen molar-refractivity contribution in [2.24, 2.45) is 0 Å². The maximum atomic E-state index is 13.8. The van der Waals surface area contributed by atoms with Gasteiger partial charge in [0.2, 0.25) is 0 Å². The van der Waals surface area contributed by atoms with Gasteiger partial charge in [-0.05, 0) is 30.7 Å². The van der Waals surface area contributed by atoms with Crippen molar-refractivity contribution in [1.29, 1.82) is 0 Å². The highest BCUT2D eigenvalue weighted by Crippen LogP contribution is 2.35. The summed E-state index contributed by atoms with van der Waals surface area (Å²) in [7, 11) is 3.04. The smallest absolute Gasteiger partial charge is 0.282 e. The second-order valence-electron chi connectivity index (χ2n) is 7.27. The predicted molar refractivity (Wildman–Crippen MR) is 120 cm³/mol. The van der Waals surface area contributed by atoms with Crippen molar-refractivity contribution in [1.82, 2.24) is 0 Å². The quantitative estimate of drug-likeness (QED) is 0.579. The highest BCUT2D eigenvalue weighted by Gasteiger charge is 2.40. The molecule has 0 aliphatic carbocycles. The maximum absolute atomic E-state index is 13.8. The number of anilines is 2.